The maximum atomic E-state index is 13.8. The number of phenolic OH excluding ortho intramolecular Hbond substituents is 1. The molecule has 2 atom stereocenters. The molecule has 12 heteroatoms. The topological polar surface area (TPSA) is 144 Å². The zero-order valence-corrected chi connectivity index (χ0v) is 27.4. The van der Waals surface area contributed by atoms with Crippen LogP contribution in [0, 0.1) is 5.13 Å². The summed E-state index contributed by atoms with van der Waals surface area (Å²) < 4.78 is 29.6. The number of rotatable bonds is 16. The van der Waals surface area contributed by atoms with Crippen LogP contribution in [0.25, 0.3) is 11.0 Å². The molecule has 0 saturated carbocycles. The number of carbonyl (C=O) groups excluding carboxylic acids is 1. The first-order valence-corrected chi connectivity index (χ1v) is 16.7. The minimum Gasteiger partial charge on any atom is -0.507 e. The minimum atomic E-state index is -1.62. The van der Waals surface area contributed by atoms with E-state index in [9.17, 15) is 29.0 Å². The van der Waals surface area contributed by atoms with Crippen molar-refractivity contribution >= 4 is 46.0 Å². The predicted octanol–water partition coefficient (Wildman–Crippen LogP) is 8.47. The summed E-state index contributed by atoms with van der Waals surface area (Å²) in [6.45, 7) is 3.87. The highest BCUT2D eigenvalue weighted by molar-refractivity contribution is 8.00. The molecule has 47 heavy (non-hydrogen) atoms. The minimum absolute atomic E-state index is 0.0101. The molecule has 2 unspecified atom stereocenters. The molecule has 2 aromatic carbocycles. The van der Waals surface area contributed by atoms with Gasteiger partial charge in [-0.05, 0) is 75.1 Å². The van der Waals surface area contributed by atoms with Gasteiger partial charge in [-0.15, -0.1) is 23.1 Å². The summed E-state index contributed by atoms with van der Waals surface area (Å²) >= 11 is 2.11. The van der Waals surface area contributed by atoms with Crippen LogP contribution in [-0.2, 0) is 6.42 Å². The highest BCUT2D eigenvalue weighted by atomic mass is 32.2. The van der Waals surface area contributed by atoms with Crippen molar-refractivity contribution in [1.29, 1.82) is 0 Å². The second-order valence-corrected chi connectivity index (χ2v) is 12.8. The monoisotopic (exact) mass is 682 g/mol. The van der Waals surface area contributed by atoms with Gasteiger partial charge in [-0.3, -0.25) is 9.59 Å². The summed E-state index contributed by atoms with van der Waals surface area (Å²) in [5.74, 6) is -0.0744. The van der Waals surface area contributed by atoms with E-state index in [0.717, 1.165) is 43.1 Å². The lowest BCUT2D eigenvalue weighted by molar-refractivity contribution is 0.101. The number of aliphatic hydroxyl groups excluding tert-OH is 1. The molecule has 4 aromatic rings. The van der Waals surface area contributed by atoms with Crippen molar-refractivity contribution in [2.75, 3.05) is 6.61 Å². The number of hydrogen-bond donors (Lipinski definition) is 3. The van der Waals surface area contributed by atoms with Gasteiger partial charge in [0.15, 0.2) is 16.3 Å². The number of thioether (sulfide) groups is 1. The first-order valence-electron chi connectivity index (χ1n) is 15.0. The molecule has 3 N–H and O–H groups in total. The van der Waals surface area contributed by atoms with E-state index < -0.39 is 34.0 Å². The number of carbonyl (C=O) groups is 2. The third-order valence-electron chi connectivity index (χ3n) is 7.02. The molecule has 0 radical (unpaired) electrons. The van der Waals surface area contributed by atoms with Crippen LogP contribution in [0.3, 0.4) is 0 Å². The SMILES string of the molecule is CCCc1c(OCCCC/C=C\C=C\C(Sc2ccc3c(=O)cc(OC(=O)O)oc3c2)C(O)c2ccc(F)s2)ccc(C(C)=O)c1O. The number of aliphatic hydroxyl groups is 1. The van der Waals surface area contributed by atoms with Crippen LogP contribution < -0.4 is 14.9 Å². The quantitative estimate of drug-likeness (QED) is 0.0346. The first-order chi connectivity index (χ1) is 22.6. The van der Waals surface area contributed by atoms with E-state index in [4.69, 9.17) is 14.3 Å². The average molecular weight is 683 g/mol. The van der Waals surface area contributed by atoms with Crippen molar-refractivity contribution in [1.82, 2.24) is 0 Å². The van der Waals surface area contributed by atoms with E-state index in [1.165, 1.54) is 30.8 Å². The fourth-order valence-corrected chi connectivity index (χ4v) is 6.69. The lowest BCUT2D eigenvalue weighted by Crippen LogP contribution is -2.11. The lowest BCUT2D eigenvalue weighted by atomic mass is 10.0. The number of Topliss-reactive ketones (excluding diaryl/α,β-unsaturated/α-hetero) is 1. The Hall–Kier alpha value is -4.39. The van der Waals surface area contributed by atoms with Crippen LogP contribution in [0.1, 0.15) is 66.4 Å². The van der Waals surface area contributed by atoms with Crippen LogP contribution in [0.2, 0.25) is 0 Å². The molecule has 0 fully saturated rings. The van der Waals surface area contributed by atoms with Crippen molar-refractivity contribution in [3.8, 4) is 17.4 Å². The van der Waals surface area contributed by atoms with Gasteiger partial charge in [0.25, 0.3) is 5.95 Å². The van der Waals surface area contributed by atoms with Crippen molar-refractivity contribution < 1.29 is 43.2 Å². The summed E-state index contributed by atoms with van der Waals surface area (Å²) in [5, 5.41) is 29.8. The van der Waals surface area contributed by atoms with Gasteiger partial charge in [-0.2, -0.15) is 4.39 Å². The third-order valence-corrected chi connectivity index (χ3v) is 9.18. The molecular weight excluding hydrogens is 648 g/mol. The van der Waals surface area contributed by atoms with E-state index in [1.54, 1.807) is 42.5 Å². The van der Waals surface area contributed by atoms with Crippen molar-refractivity contribution in [2.24, 2.45) is 0 Å². The van der Waals surface area contributed by atoms with Gasteiger partial charge >= 0.3 is 6.16 Å². The average Bonchev–Trinajstić information content (AvgIpc) is 3.46. The molecule has 0 amide bonds. The molecule has 4 rings (SSSR count). The number of benzene rings is 2. The number of phenols is 1. The van der Waals surface area contributed by atoms with Gasteiger partial charge in [-0.25, -0.2) is 4.79 Å². The Bertz CT molecular complexity index is 1830. The second kappa shape index (κ2) is 17.0. The van der Waals surface area contributed by atoms with Gasteiger partial charge in [0.1, 0.15) is 23.2 Å². The van der Waals surface area contributed by atoms with Crippen LogP contribution >= 0.6 is 23.1 Å². The van der Waals surface area contributed by atoms with Crippen molar-refractivity contribution in [3.63, 3.8) is 0 Å². The van der Waals surface area contributed by atoms with Gasteiger partial charge in [0.05, 0.1) is 28.9 Å². The number of ketones is 1. The molecular formula is C35H35FO9S2. The van der Waals surface area contributed by atoms with Gasteiger partial charge in [0.2, 0.25) is 0 Å². The molecule has 2 aromatic heterocycles. The number of hydrogen-bond acceptors (Lipinski definition) is 10. The fraction of sp³-hybridized carbons (Fsp3) is 0.286. The molecule has 2 heterocycles. The summed E-state index contributed by atoms with van der Waals surface area (Å²) in [6, 6.07) is 11.9. The number of thiophene rings is 1. The Kier molecular flexibility index (Phi) is 12.8. The first kappa shape index (κ1) is 35.5. The maximum Gasteiger partial charge on any atom is 0.513 e. The number of fused-ring (bicyclic) bond motifs is 1. The maximum absolute atomic E-state index is 13.8. The van der Waals surface area contributed by atoms with E-state index in [-0.39, 0.29) is 22.5 Å². The van der Waals surface area contributed by atoms with E-state index in [2.05, 4.69) is 4.74 Å². The highest BCUT2D eigenvalue weighted by Gasteiger charge is 2.22. The van der Waals surface area contributed by atoms with E-state index in [0.29, 0.717) is 39.7 Å². The number of aromatic hydroxyl groups is 1. The number of unbranched alkanes of at least 4 members (excludes halogenated alkanes) is 2. The third kappa shape index (κ3) is 9.80. The summed E-state index contributed by atoms with van der Waals surface area (Å²) in [5.41, 5.74) is 0.593. The highest BCUT2D eigenvalue weighted by Crippen LogP contribution is 2.37. The predicted molar refractivity (Wildman–Crippen MR) is 180 cm³/mol. The molecule has 248 valence electrons. The Morgan fingerprint density at radius 3 is 2.62 bits per heavy atom. The number of allylic oxidation sites excluding steroid dienone is 3. The molecule has 0 aliphatic heterocycles. The summed E-state index contributed by atoms with van der Waals surface area (Å²) in [4.78, 5) is 36.1. The number of carboxylic acid groups (broad SMARTS) is 1. The molecule has 9 nitrogen and oxygen atoms in total. The Labute approximate surface area is 279 Å². The van der Waals surface area contributed by atoms with Gasteiger partial charge < -0.3 is 29.2 Å². The summed E-state index contributed by atoms with van der Waals surface area (Å²) in [6.07, 6.45) is 8.58. The standard InChI is InChI=1S/C35H35FO9S2/c1-3-10-25-27(15-14-23(21(2)37)33(25)39)43-18-9-7-5-4-6-8-11-29(34(40)30-16-17-31(36)47-30)46-22-12-13-24-26(38)20-32(45-35(41)42)44-28(24)19-22/h4,6,8,11-17,19-20,29,34,39-40H,3,5,7,9-10,18H2,1-2H3,(H,41,42)/b6-4-,11-8+. The zero-order valence-electron chi connectivity index (χ0n) is 25.8. The molecule has 0 spiro atoms. The van der Waals surface area contributed by atoms with Crippen molar-refractivity contribution in [3.05, 3.63) is 104 Å². The molecule has 0 bridgehead atoms. The number of halogens is 1. The van der Waals surface area contributed by atoms with Gasteiger partial charge in [-0.1, -0.05) is 37.6 Å². The van der Waals surface area contributed by atoms with Crippen molar-refractivity contribution in [2.45, 2.75) is 62.2 Å². The number of ether oxygens (including phenoxy) is 2. The smallest absolute Gasteiger partial charge is 0.507 e. The molecule has 0 aliphatic rings. The van der Waals surface area contributed by atoms with Gasteiger partial charge in [0, 0.05) is 15.3 Å². The van der Waals surface area contributed by atoms with Crippen LogP contribution in [-0.4, -0.2) is 39.1 Å². The second-order valence-electron chi connectivity index (χ2n) is 10.5. The van der Waals surface area contributed by atoms with E-state index >= 15 is 0 Å². The fourth-order valence-electron chi connectivity index (χ4n) is 4.76. The van der Waals surface area contributed by atoms with Crippen LogP contribution in [0.4, 0.5) is 9.18 Å². The Balaban J connectivity index is 1.37. The normalized spacial score (nSPS) is 12.9. The lowest BCUT2D eigenvalue weighted by Gasteiger charge is -2.18. The molecule has 0 saturated heterocycles. The Morgan fingerprint density at radius 2 is 1.91 bits per heavy atom. The van der Waals surface area contributed by atoms with Crippen LogP contribution in [0.5, 0.6) is 17.4 Å². The largest absolute Gasteiger partial charge is 0.513 e. The Morgan fingerprint density at radius 1 is 1.11 bits per heavy atom. The summed E-state index contributed by atoms with van der Waals surface area (Å²) in [7, 11) is 0. The van der Waals surface area contributed by atoms with Crippen LogP contribution in [0.15, 0.2) is 86.9 Å². The van der Waals surface area contributed by atoms with E-state index in [1.807, 2.05) is 19.1 Å². The molecule has 0 aliphatic carbocycles. The zero-order chi connectivity index (χ0) is 33.9.